The van der Waals surface area contributed by atoms with E-state index >= 15 is 0 Å². The zero-order valence-corrected chi connectivity index (χ0v) is 16.0. The molecule has 3 rings (SSSR count). The Morgan fingerprint density at radius 1 is 1.18 bits per heavy atom. The van der Waals surface area contributed by atoms with Crippen LogP contribution in [-0.4, -0.2) is 62.3 Å². The maximum atomic E-state index is 12.9. The summed E-state index contributed by atoms with van der Waals surface area (Å²) in [5, 5.41) is 6.59. The van der Waals surface area contributed by atoms with Gasteiger partial charge in [-0.05, 0) is 29.8 Å². The van der Waals surface area contributed by atoms with Crippen LogP contribution >= 0.6 is 0 Å². The molecule has 2 N–H and O–H groups in total. The van der Waals surface area contributed by atoms with Gasteiger partial charge in [-0.25, -0.2) is 9.37 Å². The minimum Gasteiger partial charge on any atom is -0.439 e. The first-order chi connectivity index (χ1) is 13.7. The topological polar surface area (TPSA) is 71.0 Å². The highest BCUT2D eigenvalue weighted by molar-refractivity contribution is 5.79. The van der Waals surface area contributed by atoms with Gasteiger partial charge in [0.05, 0.1) is 13.2 Å². The van der Waals surface area contributed by atoms with E-state index in [2.05, 4.69) is 25.5 Å². The van der Waals surface area contributed by atoms with Gasteiger partial charge < -0.3 is 20.1 Å². The largest absolute Gasteiger partial charge is 0.439 e. The van der Waals surface area contributed by atoms with E-state index in [-0.39, 0.29) is 5.82 Å². The van der Waals surface area contributed by atoms with Crippen LogP contribution in [0.25, 0.3) is 0 Å². The molecule has 28 heavy (non-hydrogen) atoms. The number of hydrogen-bond acceptors (Lipinski definition) is 5. The minimum absolute atomic E-state index is 0.298. The zero-order valence-electron chi connectivity index (χ0n) is 16.0. The Morgan fingerprint density at radius 3 is 2.64 bits per heavy atom. The second-order valence-corrected chi connectivity index (χ2v) is 6.37. The number of halogens is 1. The summed E-state index contributed by atoms with van der Waals surface area (Å²) < 4.78 is 23.9. The Hall–Kier alpha value is -2.71. The molecular formula is C20H26FN5O2. The molecule has 7 nitrogen and oxygen atoms in total. The Kier molecular flexibility index (Phi) is 7.57. The van der Waals surface area contributed by atoms with Crippen molar-refractivity contribution in [2.24, 2.45) is 4.99 Å². The number of nitrogens with one attached hydrogen (secondary N) is 2. The van der Waals surface area contributed by atoms with Gasteiger partial charge in [-0.2, -0.15) is 0 Å². The van der Waals surface area contributed by atoms with Gasteiger partial charge in [-0.1, -0.05) is 6.07 Å². The predicted molar refractivity (Wildman–Crippen MR) is 106 cm³/mol. The molecule has 1 saturated heterocycles. The van der Waals surface area contributed by atoms with Crippen LogP contribution in [0.4, 0.5) is 4.39 Å². The number of pyridine rings is 1. The first-order valence-corrected chi connectivity index (χ1v) is 9.36. The number of ether oxygens (including phenoxy) is 2. The average molecular weight is 387 g/mol. The third-order valence-electron chi connectivity index (χ3n) is 4.34. The summed E-state index contributed by atoms with van der Waals surface area (Å²) in [5.41, 5.74) is 1.00. The standard InChI is InChI=1S/C20H26FN5O2/c1-22-20(23-8-9-26-10-12-27-13-11-26)25-15-16-2-7-19(24-14-16)28-18-5-3-17(21)4-6-18/h2-7,14H,8-13,15H2,1H3,(H2,22,23,25). The van der Waals surface area contributed by atoms with E-state index in [1.165, 1.54) is 12.1 Å². The van der Waals surface area contributed by atoms with Crippen LogP contribution in [0, 0.1) is 5.82 Å². The number of benzene rings is 1. The molecule has 0 unspecified atom stereocenters. The normalized spacial score (nSPS) is 15.3. The molecule has 2 heterocycles. The molecule has 1 fully saturated rings. The van der Waals surface area contributed by atoms with Crippen molar-refractivity contribution in [2.45, 2.75) is 6.54 Å². The van der Waals surface area contributed by atoms with Gasteiger partial charge in [-0.3, -0.25) is 9.89 Å². The van der Waals surface area contributed by atoms with E-state index in [0.717, 1.165) is 50.9 Å². The Bertz CT molecular complexity index is 746. The summed E-state index contributed by atoms with van der Waals surface area (Å²) in [7, 11) is 1.75. The lowest BCUT2D eigenvalue weighted by molar-refractivity contribution is 0.0389. The molecule has 1 aromatic heterocycles. The van der Waals surface area contributed by atoms with Crippen molar-refractivity contribution >= 4 is 5.96 Å². The Morgan fingerprint density at radius 2 is 1.96 bits per heavy atom. The summed E-state index contributed by atoms with van der Waals surface area (Å²) >= 11 is 0. The van der Waals surface area contributed by atoms with E-state index in [1.54, 1.807) is 31.4 Å². The van der Waals surface area contributed by atoms with Crippen molar-refractivity contribution in [3.63, 3.8) is 0 Å². The minimum atomic E-state index is -0.298. The van der Waals surface area contributed by atoms with Crippen LogP contribution in [0.3, 0.4) is 0 Å². The lowest BCUT2D eigenvalue weighted by atomic mass is 10.3. The van der Waals surface area contributed by atoms with Gasteiger partial charge >= 0.3 is 0 Å². The van der Waals surface area contributed by atoms with Gasteiger partial charge in [0.2, 0.25) is 5.88 Å². The number of morpholine rings is 1. The Labute approximate surface area is 164 Å². The molecular weight excluding hydrogens is 361 g/mol. The number of guanidine groups is 1. The number of nitrogens with zero attached hydrogens (tertiary/aromatic N) is 3. The van der Waals surface area contributed by atoms with E-state index in [9.17, 15) is 4.39 Å². The van der Waals surface area contributed by atoms with Crippen LogP contribution in [-0.2, 0) is 11.3 Å². The van der Waals surface area contributed by atoms with Crippen molar-refractivity contribution in [1.82, 2.24) is 20.5 Å². The fraction of sp³-hybridized carbons (Fsp3) is 0.400. The summed E-state index contributed by atoms with van der Waals surface area (Å²) in [4.78, 5) is 10.9. The van der Waals surface area contributed by atoms with Crippen molar-refractivity contribution in [3.05, 3.63) is 54.0 Å². The molecule has 0 atom stereocenters. The molecule has 150 valence electrons. The van der Waals surface area contributed by atoms with Crippen LogP contribution in [0.15, 0.2) is 47.6 Å². The fourth-order valence-electron chi connectivity index (χ4n) is 2.76. The highest BCUT2D eigenvalue weighted by Gasteiger charge is 2.09. The van der Waals surface area contributed by atoms with Crippen molar-refractivity contribution in [2.75, 3.05) is 46.4 Å². The molecule has 0 radical (unpaired) electrons. The lowest BCUT2D eigenvalue weighted by Crippen LogP contribution is -2.44. The molecule has 8 heteroatoms. The molecule has 1 aliphatic heterocycles. The number of aromatic nitrogens is 1. The number of hydrogen-bond donors (Lipinski definition) is 2. The Balaban J connectivity index is 1.40. The van der Waals surface area contributed by atoms with Crippen molar-refractivity contribution in [1.29, 1.82) is 0 Å². The van der Waals surface area contributed by atoms with E-state index < -0.39 is 0 Å². The van der Waals surface area contributed by atoms with Crippen LogP contribution in [0.2, 0.25) is 0 Å². The molecule has 0 spiro atoms. The number of rotatable bonds is 7. The number of aliphatic imine (C=N–C) groups is 1. The quantitative estimate of drug-likeness (QED) is 0.560. The maximum absolute atomic E-state index is 12.9. The summed E-state index contributed by atoms with van der Waals surface area (Å²) in [6.45, 7) is 5.95. The summed E-state index contributed by atoms with van der Waals surface area (Å²) in [5.74, 6) is 1.46. The van der Waals surface area contributed by atoms with Crippen LogP contribution < -0.4 is 15.4 Å². The first-order valence-electron chi connectivity index (χ1n) is 9.36. The summed E-state index contributed by atoms with van der Waals surface area (Å²) in [6, 6.07) is 9.56. The molecule has 0 saturated carbocycles. The maximum Gasteiger partial charge on any atom is 0.219 e. The molecule has 0 aliphatic carbocycles. The average Bonchev–Trinajstić information content (AvgIpc) is 2.74. The molecule has 1 aromatic carbocycles. The van der Waals surface area contributed by atoms with Gasteiger partial charge in [0.1, 0.15) is 11.6 Å². The third-order valence-corrected chi connectivity index (χ3v) is 4.34. The van der Waals surface area contributed by atoms with Crippen molar-refractivity contribution < 1.29 is 13.9 Å². The van der Waals surface area contributed by atoms with Gasteiger partial charge in [0, 0.05) is 52.0 Å². The second kappa shape index (κ2) is 10.6. The van der Waals surface area contributed by atoms with Gasteiger partial charge in [0.15, 0.2) is 5.96 Å². The van der Waals surface area contributed by atoms with Crippen molar-refractivity contribution in [3.8, 4) is 11.6 Å². The molecule has 1 aliphatic rings. The predicted octanol–water partition coefficient (Wildman–Crippen LogP) is 2.01. The fourth-order valence-corrected chi connectivity index (χ4v) is 2.76. The third kappa shape index (κ3) is 6.47. The van der Waals surface area contributed by atoms with Gasteiger partial charge in [-0.15, -0.1) is 0 Å². The monoisotopic (exact) mass is 387 g/mol. The zero-order chi connectivity index (χ0) is 19.6. The van der Waals surface area contributed by atoms with E-state index in [4.69, 9.17) is 9.47 Å². The SMILES string of the molecule is CN=C(NCCN1CCOCC1)NCc1ccc(Oc2ccc(F)cc2)nc1. The molecule has 2 aromatic rings. The van der Waals surface area contributed by atoms with Crippen LogP contribution in [0.1, 0.15) is 5.56 Å². The van der Waals surface area contributed by atoms with E-state index in [0.29, 0.717) is 18.2 Å². The van der Waals surface area contributed by atoms with E-state index in [1.807, 2.05) is 6.07 Å². The van der Waals surface area contributed by atoms with Gasteiger partial charge in [0.25, 0.3) is 0 Å². The second-order valence-electron chi connectivity index (χ2n) is 6.37. The first kappa shape index (κ1) is 20.0. The molecule has 0 amide bonds. The smallest absolute Gasteiger partial charge is 0.219 e. The lowest BCUT2D eigenvalue weighted by Gasteiger charge is -2.26. The van der Waals surface area contributed by atoms with Crippen LogP contribution in [0.5, 0.6) is 11.6 Å². The highest BCUT2D eigenvalue weighted by atomic mass is 19.1. The molecule has 0 bridgehead atoms. The summed E-state index contributed by atoms with van der Waals surface area (Å²) in [6.07, 6.45) is 1.74. The highest BCUT2D eigenvalue weighted by Crippen LogP contribution is 2.19.